The number of aryl methyl sites for hydroxylation is 1. The predicted octanol–water partition coefficient (Wildman–Crippen LogP) is 7.13. The zero-order valence-electron chi connectivity index (χ0n) is 24.4. The molecule has 0 bridgehead atoms. The molecular weight excluding hydrogens is 528 g/mol. The summed E-state index contributed by atoms with van der Waals surface area (Å²) in [6, 6.07) is 24.7. The smallest absolute Gasteiger partial charge is 0.333 e. The molecule has 1 N–H and O–H groups in total. The lowest BCUT2D eigenvalue weighted by Gasteiger charge is -2.16. The molecule has 42 heavy (non-hydrogen) atoms. The Hall–Kier alpha value is -4.68. The minimum atomic E-state index is -0.484. The Morgan fingerprint density at radius 1 is 0.714 bits per heavy atom. The van der Waals surface area contributed by atoms with E-state index in [2.05, 4.69) is 68.6 Å². The Balaban J connectivity index is 1.73. The number of ether oxygens (including phenoxy) is 3. The Morgan fingerprint density at radius 3 is 2.07 bits per heavy atom. The Kier molecular flexibility index (Phi) is 9.94. The second-order valence-electron chi connectivity index (χ2n) is 10.4. The van der Waals surface area contributed by atoms with E-state index in [4.69, 9.17) is 14.2 Å². The van der Waals surface area contributed by atoms with Crippen molar-refractivity contribution < 1.29 is 28.9 Å². The van der Waals surface area contributed by atoms with Crippen molar-refractivity contribution in [2.24, 2.45) is 0 Å². The van der Waals surface area contributed by atoms with Crippen molar-refractivity contribution in [1.82, 2.24) is 0 Å². The highest BCUT2D eigenvalue weighted by Crippen LogP contribution is 2.34. The standard InChI is InChI=1S/C36H36O6/c1-23(2)35(38)41-16-14-30-18-27(26-8-6-25(5)7-9-26)12-13-33(30)29-11-10-28-21-34(40-17-15-37)32(20-31(28)19-29)22-42-36(39)24(3)4/h6-13,18-21,37H,1,3,14-17,22H2,2,4-5H3. The third-order valence-corrected chi connectivity index (χ3v) is 6.83. The van der Waals surface area contributed by atoms with Crippen molar-refractivity contribution in [3.05, 3.63) is 114 Å². The summed E-state index contributed by atoms with van der Waals surface area (Å²) in [6.07, 6.45) is 0.530. The monoisotopic (exact) mass is 564 g/mol. The van der Waals surface area contributed by atoms with Gasteiger partial charge in [-0.25, -0.2) is 9.59 Å². The van der Waals surface area contributed by atoms with E-state index in [0.29, 0.717) is 28.9 Å². The average molecular weight is 565 g/mol. The first-order valence-corrected chi connectivity index (χ1v) is 13.8. The lowest BCUT2D eigenvalue weighted by Crippen LogP contribution is -2.08. The van der Waals surface area contributed by atoms with Gasteiger partial charge >= 0.3 is 11.9 Å². The molecule has 0 aliphatic heterocycles. The fourth-order valence-electron chi connectivity index (χ4n) is 4.55. The van der Waals surface area contributed by atoms with E-state index >= 15 is 0 Å². The number of aliphatic hydroxyl groups is 1. The number of carbonyl (C=O) groups is 2. The summed E-state index contributed by atoms with van der Waals surface area (Å²) in [5, 5.41) is 11.2. The first-order valence-electron chi connectivity index (χ1n) is 13.8. The SMILES string of the molecule is C=C(C)C(=O)OCCc1cc(-c2ccc(C)cc2)ccc1-c1ccc2cc(OCCO)c(COC(=O)C(=C)C)cc2c1. The van der Waals surface area contributed by atoms with Gasteiger partial charge in [-0.05, 0) is 77.6 Å². The molecule has 0 saturated carbocycles. The summed E-state index contributed by atoms with van der Waals surface area (Å²) >= 11 is 0. The lowest BCUT2D eigenvalue weighted by atomic mass is 9.92. The van der Waals surface area contributed by atoms with Crippen LogP contribution in [0.15, 0.2) is 97.1 Å². The zero-order valence-corrected chi connectivity index (χ0v) is 24.4. The van der Waals surface area contributed by atoms with E-state index in [1.54, 1.807) is 13.8 Å². The van der Waals surface area contributed by atoms with Crippen LogP contribution in [0.3, 0.4) is 0 Å². The normalized spacial score (nSPS) is 10.8. The van der Waals surface area contributed by atoms with E-state index < -0.39 is 11.9 Å². The van der Waals surface area contributed by atoms with Gasteiger partial charge in [-0.15, -0.1) is 0 Å². The number of fused-ring (bicyclic) bond motifs is 1. The minimum Gasteiger partial charge on any atom is -0.491 e. The fourth-order valence-corrected chi connectivity index (χ4v) is 4.55. The summed E-state index contributed by atoms with van der Waals surface area (Å²) in [7, 11) is 0. The number of hydrogen-bond acceptors (Lipinski definition) is 6. The molecule has 0 aliphatic rings. The minimum absolute atomic E-state index is 0.0111. The highest BCUT2D eigenvalue weighted by atomic mass is 16.5. The molecule has 216 valence electrons. The lowest BCUT2D eigenvalue weighted by molar-refractivity contribution is -0.140. The van der Waals surface area contributed by atoms with Crippen LogP contribution >= 0.6 is 0 Å². The molecule has 0 aliphatic carbocycles. The van der Waals surface area contributed by atoms with Crippen LogP contribution in [0, 0.1) is 6.92 Å². The largest absolute Gasteiger partial charge is 0.491 e. The Morgan fingerprint density at radius 2 is 1.38 bits per heavy atom. The van der Waals surface area contributed by atoms with Gasteiger partial charge in [-0.2, -0.15) is 0 Å². The van der Waals surface area contributed by atoms with Crippen molar-refractivity contribution >= 4 is 22.7 Å². The number of carbonyl (C=O) groups excluding carboxylic acids is 2. The maximum absolute atomic E-state index is 12.1. The molecule has 0 fully saturated rings. The van der Waals surface area contributed by atoms with E-state index in [0.717, 1.165) is 38.6 Å². The molecule has 0 saturated heterocycles. The summed E-state index contributed by atoms with van der Waals surface area (Å²) in [5.74, 6) is -0.347. The molecule has 0 unspecified atom stereocenters. The van der Waals surface area contributed by atoms with Crippen LogP contribution in [0.25, 0.3) is 33.0 Å². The molecule has 4 rings (SSSR count). The fraction of sp³-hybridized carbons (Fsp3) is 0.222. The Bertz CT molecular complexity index is 1630. The van der Waals surface area contributed by atoms with Crippen molar-refractivity contribution in [3.63, 3.8) is 0 Å². The molecule has 0 spiro atoms. The molecule has 0 amide bonds. The van der Waals surface area contributed by atoms with Gasteiger partial charge in [0.25, 0.3) is 0 Å². The van der Waals surface area contributed by atoms with Gasteiger partial charge in [0.1, 0.15) is 19.0 Å². The number of hydrogen-bond donors (Lipinski definition) is 1. The van der Waals surface area contributed by atoms with Crippen LogP contribution in [0.5, 0.6) is 5.75 Å². The maximum Gasteiger partial charge on any atom is 0.333 e. The highest BCUT2D eigenvalue weighted by molar-refractivity contribution is 5.91. The molecule has 4 aromatic carbocycles. The van der Waals surface area contributed by atoms with Crippen molar-refractivity contribution in [1.29, 1.82) is 0 Å². The van der Waals surface area contributed by atoms with Crippen LogP contribution in [0.4, 0.5) is 0 Å². The third kappa shape index (κ3) is 7.53. The van der Waals surface area contributed by atoms with E-state index in [-0.39, 0.29) is 26.4 Å². The van der Waals surface area contributed by atoms with Gasteiger partial charge in [-0.3, -0.25) is 0 Å². The summed E-state index contributed by atoms with van der Waals surface area (Å²) < 4.78 is 16.6. The van der Waals surface area contributed by atoms with E-state index in [1.165, 1.54) is 5.56 Å². The van der Waals surface area contributed by atoms with Gasteiger partial charge in [-0.1, -0.05) is 73.3 Å². The molecular formula is C36H36O6. The molecule has 4 aromatic rings. The van der Waals surface area contributed by atoms with Gasteiger partial charge < -0.3 is 19.3 Å². The van der Waals surface area contributed by atoms with Crippen LogP contribution in [-0.4, -0.2) is 36.9 Å². The molecule has 0 heterocycles. The second-order valence-corrected chi connectivity index (χ2v) is 10.4. The van der Waals surface area contributed by atoms with E-state index in [9.17, 15) is 14.7 Å². The summed E-state index contributed by atoms with van der Waals surface area (Å²) in [6.45, 7) is 12.8. The van der Waals surface area contributed by atoms with Gasteiger partial charge in [0.05, 0.1) is 13.2 Å². The molecule has 0 aromatic heterocycles. The van der Waals surface area contributed by atoms with Gasteiger partial charge in [0, 0.05) is 23.1 Å². The topological polar surface area (TPSA) is 82.1 Å². The van der Waals surface area contributed by atoms with Crippen LogP contribution in [0.2, 0.25) is 0 Å². The van der Waals surface area contributed by atoms with Crippen LogP contribution in [-0.2, 0) is 32.1 Å². The zero-order chi connectivity index (χ0) is 30.2. The predicted molar refractivity (Wildman–Crippen MR) is 166 cm³/mol. The first-order chi connectivity index (χ1) is 20.2. The summed E-state index contributed by atoms with van der Waals surface area (Å²) in [5.41, 5.74) is 7.80. The summed E-state index contributed by atoms with van der Waals surface area (Å²) in [4.78, 5) is 24.1. The molecule has 6 nitrogen and oxygen atoms in total. The maximum atomic E-state index is 12.1. The van der Waals surface area contributed by atoms with Crippen LogP contribution < -0.4 is 4.74 Å². The quantitative estimate of drug-likeness (QED) is 0.146. The van der Waals surface area contributed by atoms with Crippen molar-refractivity contribution in [2.75, 3.05) is 19.8 Å². The van der Waals surface area contributed by atoms with Crippen LogP contribution in [0.1, 0.15) is 30.5 Å². The highest BCUT2D eigenvalue weighted by Gasteiger charge is 2.14. The van der Waals surface area contributed by atoms with E-state index in [1.807, 2.05) is 24.3 Å². The van der Waals surface area contributed by atoms with Gasteiger partial charge in [0.2, 0.25) is 0 Å². The third-order valence-electron chi connectivity index (χ3n) is 6.83. The molecule has 0 atom stereocenters. The number of rotatable bonds is 12. The number of esters is 2. The van der Waals surface area contributed by atoms with Crippen molar-refractivity contribution in [3.8, 4) is 28.0 Å². The molecule has 6 heteroatoms. The number of aliphatic hydroxyl groups excluding tert-OH is 1. The van der Waals surface area contributed by atoms with Crippen molar-refractivity contribution in [2.45, 2.75) is 33.8 Å². The average Bonchev–Trinajstić information content (AvgIpc) is 2.98. The Labute approximate surface area is 246 Å². The first kappa shape index (κ1) is 30.3. The van der Waals surface area contributed by atoms with Gasteiger partial charge in [0.15, 0.2) is 0 Å². The number of benzene rings is 4. The molecule has 0 radical (unpaired) electrons. The second kappa shape index (κ2) is 13.8.